The van der Waals surface area contributed by atoms with Gasteiger partial charge in [-0.2, -0.15) is 0 Å². The number of hydrogen-bond acceptors (Lipinski definition) is 7. The van der Waals surface area contributed by atoms with Crippen LogP contribution < -0.4 is 18.9 Å². The lowest BCUT2D eigenvalue weighted by molar-refractivity contribution is -0.148. The van der Waals surface area contributed by atoms with Gasteiger partial charge in [0.05, 0.1) is 18.6 Å². The second-order valence-corrected chi connectivity index (χ2v) is 7.03. The Hall–Kier alpha value is -2.93. The predicted molar refractivity (Wildman–Crippen MR) is 89.6 cm³/mol. The highest BCUT2D eigenvalue weighted by Crippen LogP contribution is 2.52. The zero-order valence-corrected chi connectivity index (χ0v) is 14.3. The first-order valence-corrected chi connectivity index (χ1v) is 8.89. The lowest BCUT2D eigenvalue weighted by Gasteiger charge is -2.15. The van der Waals surface area contributed by atoms with Crippen molar-refractivity contribution in [3.05, 3.63) is 47.5 Å². The molecule has 138 valence electrons. The van der Waals surface area contributed by atoms with Gasteiger partial charge >= 0.3 is 5.97 Å². The summed E-state index contributed by atoms with van der Waals surface area (Å²) in [6.45, 7) is 0.879. The second-order valence-electron chi connectivity index (χ2n) is 7.03. The van der Waals surface area contributed by atoms with E-state index in [4.69, 9.17) is 28.4 Å². The molecule has 2 fully saturated rings. The maximum atomic E-state index is 12.7. The van der Waals surface area contributed by atoms with Crippen molar-refractivity contribution < 1.29 is 33.2 Å². The molecule has 2 aromatic carbocycles. The zero-order valence-electron chi connectivity index (χ0n) is 14.3. The van der Waals surface area contributed by atoms with Gasteiger partial charge in [0, 0.05) is 5.92 Å². The SMILES string of the molecule is O=C1O[C@@H](c2ccc3c(c2)OCO3)[C@@H]2CO[C@@H](c3ccc4c(c3)OCO4)[C@H]12. The Bertz CT molecular complexity index is 884. The topological polar surface area (TPSA) is 72.5 Å². The third-order valence-electron chi connectivity index (χ3n) is 5.61. The minimum atomic E-state index is -0.351. The Morgan fingerprint density at radius 2 is 1.33 bits per heavy atom. The summed E-state index contributed by atoms with van der Waals surface area (Å²) in [6.07, 6.45) is -0.702. The molecule has 4 atom stereocenters. The fraction of sp³-hybridized carbons (Fsp3) is 0.350. The molecule has 4 heterocycles. The molecule has 0 unspecified atom stereocenters. The number of carbonyl (C=O) groups is 1. The highest BCUT2D eigenvalue weighted by molar-refractivity contribution is 5.77. The first-order chi connectivity index (χ1) is 13.3. The number of fused-ring (bicyclic) bond motifs is 3. The van der Waals surface area contributed by atoms with Crippen molar-refractivity contribution in [3.63, 3.8) is 0 Å². The zero-order chi connectivity index (χ0) is 18.0. The van der Waals surface area contributed by atoms with E-state index in [1.807, 2.05) is 36.4 Å². The van der Waals surface area contributed by atoms with Crippen molar-refractivity contribution in [1.82, 2.24) is 0 Å². The number of hydrogen-bond donors (Lipinski definition) is 0. The minimum Gasteiger partial charge on any atom is -0.457 e. The van der Waals surface area contributed by atoms with Crippen LogP contribution in [0.1, 0.15) is 23.3 Å². The first kappa shape index (κ1) is 15.2. The van der Waals surface area contributed by atoms with Gasteiger partial charge in [0.25, 0.3) is 0 Å². The molecule has 0 N–H and O–H groups in total. The quantitative estimate of drug-likeness (QED) is 0.755. The molecule has 0 saturated carbocycles. The molecule has 0 aromatic heterocycles. The maximum absolute atomic E-state index is 12.7. The molecule has 0 amide bonds. The van der Waals surface area contributed by atoms with Gasteiger partial charge in [0.1, 0.15) is 6.10 Å². The largest absolute Gasteiger partial charge is 0.457 e. The Labute approximate surface area is 154 Å². The van der Waals surface area contributed by atoms with E-state index in [2.05, 4.69) is 0 Å². The summed E-state index contributed by atoms with van der Waals surface area (Å²) in [4.78, 5) is 12.7. The summed E-state index contributed by atoms with van der Waals surface area (Å²) in [7, 11) is 0. The molecule has 27 heavy (non-hydrogen) atoms. The fourth-order valence-corrected chi connectivity index (χ4v) is 4.31. The van der Waals surface area contributed by atoms with E-state index in [1.165, 1.54) is 0 Å². The van der Waals surface area contributed by atoms with Gasteiger partial charge < -0.3 is 28.4 Å². The highest BCUT2D eigenvalue weighted by atomic mass is 16.7. The van der Waals surface area contributed by atoms with Crippen LogP contribution in [0, 0.1) is 11.8 Å². The molecule has 7 heteroatoms. The molecule has 7 nitrogen and oxygen atoms in total. The second kappa shape index (κ2) is 5.53. The monoisotopic (exact) mass is 368 g/mol. The van der Waals surface area contributed by atoms with E-state index in [1.54, 1.807) is 0 Å². The number of carbonyl (C=O) groups excluding carboxylic acids is 1. The van der Waals surface area contributed by atoms with Crippen LogP contribution in [-0.4, -0.2) is 26.2 Å². The van der Waals surface area contributed by atoms with Gasteiger partial charge in [-0.25, -0.2) is 0 Å². The number of benzene rings is 2. The standard InChI is InChI=1S/C20H16O7/c21-20-17-12(18(27-20)10-1-3-13-15(5-10)25-8-23-13)7-22-19(17)11-2-4-14-16(6-11)26-9-24-14/h1-6,12,17-19H,7-9H2/t12-,17-,18+,19+/m1/s1. The van der Waals surface area contributed by atoms with Crippen LogP contribution in [0.5, 0.6) is 23.0 Å². The maximum Gasteiger partial charge on any atom is 0.313 e. The minimum absolute atomic E-state index is 0.0479. The molecular formula is C20H16O7. The van der Waals surface area contributed by atoms with Gasteiger partial charge in [0.15, 0.2) is 23.0 Å². The number of rotatable bonds is 2. The Morgan fingerprint density at radius 3 is 2.00 bits per heavy atom. The van der Waals surface area contributed by atoms with Crippen LogP contribution in [0.4, 0.5) is 0 Å². The van der Waals surface area contributed by atoms with Crippen molar-refractivity contribution >= 4 is 5.97 Å². The van der Waals surface area contributed by atoms with E-state index >= 15 is 0 Å². The normalized spacial score (nSPS) is 29.7. The van der Waals surface area contributed by atoms with E-state index in [-0.39, 0.29) is 43.6 Å². The highest BCUT2D eigenvalue weighted by Gasteiger charge is 2.54. The molecular weight excluding hydrogens is 352 g/mol. The number of esters is 1. The van der Waals surface area contributed by atoms with Gasteiger partial charge in [-0.05, 0) is 35.4 Å². The molecule has 4 aliphatic heterocycles. The van der Waals surface area contributed by atoms with Gasteiger partial charge in [-0.1, -0.05) is 12.1 Å². The smallest absolute Gasteiger partial charge is 0.313 e. The van der Waals surface area contributed by atoms with Gasteiger partial charge in [-0.15, -0.1) is 0 Å². The fourth-order valence-electron chi connectivity index (χ4n) is 4.31. The van der Waals surface area contributed by atoms with Crippen molar-refractivity contribution in [3.8, 4) is 23.0 Å². The van der Waals surface area contributed by atoms with E-state index in [9.17, 15) is 4.79 Å². The van der Waals surface area contributed by atoms with Crippen molar-refractivity contribution in [1.29, 1.82) is 0 Å². The summed E-state index contributed by atoms with van der Waals surface area (Å²) in [5.74, 6) is 2.15. The van der Waals surface area contributed by atoms with Gasteiger partial charge in [0.2, 0.25) is 13.6 Å². The molecule has 0 radical (unpaired) electrons. The number of cyclic esters (lactones) is 1. The van der Waals surface area contributed by atoms with Crippen molar-refractivity contribution in [2.24, 2.45) is 11.8 Å². The van der Waals surface area contributed by atoms with E-state index in [0.29, 0.717) is 29.6 Å². The number of ether oxygens (including phenoxy) is 6. The van der Waals surface area contributed by atoms with Crippen LogP contribution in [0.2, 0.25) is 0 Å². The molecule has 6 rings (SSSR count). The summed E-state index contributed by atoms with van der Waals surface area (Å²) < 4.78 is 33.4. The lowest BCUT2D eigenvalue weighted by Crippen LogP contribution is -2.17. The third kappa shape index (κ3) is 2.21. The van der Waals surface area contributed by atoms with E-state index < -0.39 is 0 Å². The average Bonchev–Trinajstić information content (AvgIpc) is 3.45. The van der Waals surface area contributed by atoms with Crippen LogP contribution >= 0.6 is 0 Å². The molecule has 2 saturated heterocycles. The van der Waals surface area contributed by atoms with E-state index in [0.717, 1.165) is 11.1 Å². The first-order valence-electron chi connectivity index (χ1n) is 8.89. The molecule has 2 aromatic rings. The predicted octanol–water partition coefficient (Wildman–Crippen LogP) is 2.75. The lowest BCUT2D eigenvalue weighted by atomic mass is 9.84. The molecule has 0 spiro atoms. The summed E-state index contributed by atoms with van der Waals surface area (Å²) in [6, 6.07) is 11.3. The van der Waals surface area contributed by atoms with Crippen molar-refractivity contribution in [2.75, 3.05) is 20.2 Å². The summed E-state index contributed by atoms with van der Waals surface area (Å²) >= 11 is 0. The average molecular weight is 368 g/mol. The summed E-state index contributed by atoms with van der Waals surface area (Å²) in [5.41, 5.74) is 1.80. The Morgan fingerprint density at radius 1 is 0.741 bits per heavy atom. The molecule has 0 bridgehead atoms. The third-order valence-corrected chi connectivity index (χ3v) is 5.61. The van der Waals surface area contributed by atoms with Gasteiger partial charge in [-0.3, -0.25) is 4.79 Å². The summed E-state index contributed by atoms with van der Waals surface area (Å²) in [5, 5.41) is 0. The van der Waals surface area contributed by atoms with Crippen LogP contribution in [-0.2, 0) is 14.3 Å². The molecule has 0 aliphatic carbocycles. The van der Waals surface area contributed by atoms with Crippen LogP contribution in [0.15, 0.2) is 36.4 Å². The van der Waals surface area contributed by atoms with Crippen LogP contribution in [0.25, 0.3) is 0 Å². The Kier molecular flexibility index (Phi) is 3.11. The van der Waals surface area contributed by atoms with Crippen molar-refractivity contribution in [2.45, 2.75) is 12.2 Å². The molecule has 4 aliphatic rings. The van der Waals surface area contributed by atoms with Crippen LogP contribution in [0.3, 0.4) is 0 Å². The Balaban J connectivity index is 1.31.